The molecule has 2 aromatic carbocycles. The van der Waals surface area contributed by atoms with Crippen molar-refractivity contribution in [1.29, 1.82) is 0 Å². The summed E-state index contributed by atoms with van der Waals surface area (Å²) in [5, 5.41) is 13.3. The summed E-state index contributed by atoms with van der Waals surface area (Å²) in [5.74, 6) is 0.302. The molecule has 0 saturated carbocycles. The van der Waals surface area contributed by atoms with Gasteiger partial charge in [0.05, 0.1) is 0 Å². The minimum Gasteiger partial charge on any atom is -0.507 e. The number of phenols is 1. The van der Waals surface area contributed by atoms with Crippen LogP contribution in [0.3, 0.4) is 0 Å². The van der Waals surface area contributed by atoms with E-state index in [4.69, 9.17) is 17.2 Å². The maximum atomic E-state index is 9.99. The van der Waals surface area contributed by atoms with Crippen LogP contribution in [0.4, 0.5) is 0 Å². The number of nitrogens with zero attached hydrogens (tertiary/aromatic N) is 1. The zero-order chi connectivity index (χ0) is 19.2. The Balaban J connectivity index is 1.80. The van der Waals surface area contributed by atoms with E-state index in [1.165, 1.54) is 5.56 Å². The van der Waals surface area contributed by atoms with Crippen LogP contribution in [-0.2, 0) is 6.54 Å². The summed E-state index contributed by atoms with van der Waals surface area (Å²) in [4.78, 5) is 2.43. The topological polar surface area (TPSA) is 114 Å². The largest absolute Gasteiger partial charge is 0.507 e. The Bertz CT molecular complexity index is 832. The maximum Gasteiger partial charge on any atom is 0.124 e. The van der Waals surface area contributed by atoms with Gasteiger partial charge in [0, 0.05) is 49.6 Å². The lowest BCUT2D eigenvalue weighted by molar-refractivity contribution is 0.233. The first kappa shape index (κ1) is 18.8. The van der Waals surface area contributed by atoms with Gasteiger partial charge in [-0.3, -0.25) is 4.90 Å². The minimum atomic E-state index is 0.118. The molecule has 1 fully saturated rings. The van der Waals surface area contributed by atoms with Gasteiger partial charge in [-0.25, -0.2) is 0 Å². The van der Waals surface area contributed by atoms with Crippen LogP contribution >= 0.6 is 0 Å². The predicted molar refractivity (Wildman–Crippen MR) is 110 cm³/mol. The van der Waals surface area contributed by atoms with Crippen LogP contribution in [0, 0.1) is 0 Å². The van der Waals surface area contributed by atoms with E-state index in [9.17, 15) is 5.11 Å². The monoisotopic (exact) mass is 365 g/mol. The van der Waals surface area contributed by atoms with E-state index in [0.717, 1.165) is 38.3 Å². The van der Waals surface area contributed by atoms with Gasteiger partial charge in [-0.15, -0.1) is 0 Å². The summed E-state index contributed by atoms with van der Waals surface area (Å²) >= 11 is 0. The highest BCUT2D eigenvalue weighted by Gasteiger charge is 2.11. The van der Waals surface area contributed by atoms with Crippen molar-refractivity contribution in [3.8, 4) is 5.75 Å². The third-order valence-corrected chi connectivity index (χ3v) is 4.71. The van der Waals surface area contributed by atoms with Crippen molar-refractivity contribution in [2.45, 2.75) is 6.54 Å². The summed E-state index contributed by atoms with van der Waals surface area (Å²) < 4.78 is 0. The predicted octanol–water partition coefficient (Wildman–Crippen LogP) is 1.38. The van der Waals surface area contributed by atoms with Crippen LogP contribution in [-0.4, -0.2) is 36.2 Å². The van der Waals surface area contributed by atoms with E-state index in [1.807, 2.05) is 18.2 Å². The van der Waals surface area contributed by atoms with Crippen molar-refractivity contribution in [1.82, 2.24) is 10.2 Å². The normalized spacial score (nSPS) is 15.5. The lowest BCUT2D eigenvalue weighted by Crippen LogP contribution is -2.42. The molecule has 0 unspecified atom stereocenters. The van der Waals surface area contributed by atoms with Crippen molar-refractivity contribution in [3.63, 3.8) is 0 Å². The van der Waals surface area contributed by atoms with Gasteiger partial charge in [-0.05, 0) is 29.3 Å². The summed E-state index contributed by atoms with van der Waals surface area (Å²) in [6, 6.07) is 15.1. The third-order valence-electron chi connectivity index (χ3n) is 4.71. The molecule has 8 N–H and O–H groups in total. The molecule has 1 aliphatic heterocycles. The maximum absolute atomic E-state index is 9.99. The van der Waals surface area contributed by atoms with Gasteiger partial charge < -0.3 is 27.6 Å². The second-order valence-electron chi connectivity index (χ2n) is 6.71. The quantitative estimate of drug-likeness (QED) is 0.512. The van der Waals surface area contributed by atoms with Crippen molar-refractivity contribution in [3.05, 3.63) is 77.1 Å². The number of nitrogens with one attached hydrogen (secondary N) is 1. The molecule has 0 amide bonds. The number of aromatic hydroxyl groups is 1. The first-order chi connectivity index (χ1) is 13.0. The second-order valence-corrected chi connectivity index (χ2v) is 6.71. The van der Waals surface area contributed by atoms with Gasteiger partial charge in [0.1, 0.15) is 11.6 Å². The van der Waals surface area contributed by atoms with Gasteiger partial charge in [-0.1, -0.05) is 36.4 Å². The van der Waals surface area contributed by atoms with Crippen molar-refractivity contribution in [2.75, 3.05) is 26.2 Å². The molecule has 0 aliphatic carbocycles. The van der Waals surface area contributed by atoms with Gasteiger partial charge in [0.15, 0.2) is 0 Å². The van der Waals surface area contributed by atoms with E-state index in [2.05, 4.69) is 22.3 Å². The average molecular weight is 365 g/mol. The smallest absolute Gasteiger partial charge is 0.124 e. The molecule has 6 nitrogen and oxygen atoms in total. The number of para-hydroxylation sites is 1. The Morgan fingerprint density at radius 1 is 1.00 bits per heavy atom. The highest BCUT2D eigenvalue weighted by Crippen LogP contribution is 2.25. The van der Waals surface area contributed by atoms with Crippen LogP contribution in [0.15, 0.2) is 60.4 Å². The SMILES string of the molecule is NC(N)=C(/C=C(\N)c1ccccc1O)c1ccc(CN2CCNCC2)cc1. The van der Waals surface area contributed by atoms with Gasteiger partial charge >= 0.3 is 0 Å². The summed E-state index contributed by atoms with van der Waals surface area (Å²) in [6.07, 6.45) is 1.70. The van der Waals surface area contributed by atoms with Crippen molar-refractivity contribution >= 4 is 11.3 Å². The lowest BCUT2D eigenvalue weighted by atomic mass is 10.0. The standard InChI is InChI=1S/C21H27N5O/c22-19(17-3-1-2-4-20(17)27)13-18(21(23)24)16-7-5-15(6-8-16)14-26-11-9-25-10-12-26/h1-8,13,25,27H,9-12,14,22-24H2/b19-13-. The zero-order valence-electron chi connectivity index (χ0n) is 15.4. The Labute approximate surface area is 160 Å². The van der Waals surface area contributed by atoms with E-state index < -0.39 is 0 Å². The van der Waals surface area contributed by atoms with E-state index in [-0.39, 0.29) is 11.6 Å². The summed E-state index contributed by atoms with van der Waals surface area (Å²) in [5.41, 5.74) is 21.7. The van der Waals surface area contributed by atoms with E-state index in [0.29, 0.717) is 16.8 Å². The molecule has 0 bridgehead atoms. The molecule has 3 rings (SSSR count). The fourth-order valence-corrected chi connectivity index (χ4v) is 3.20. The Hall–Kier alpha value is -2.96. The highest BCUT2D eigenvalue weighted by molar-refractivity contribution is 5.85. The minimum absolute atomic E-state index is 0.118. The summed E-state index contributed by atoms with van der Waals surface area (Å²) in [7, 11) is 0. The highest BCUT2D eigenvalue weighted by atomic mass is 16.3. The molecule has 142 valence electrons. The molecule has 1 saturated heterocycles. The fourth-order valence-electron chi connectivity index (χ4n) is 3.20. The van der Waals surface area contributed by atoms with Crippen LogP contribution in [0.5, 0.6) is 5.75 Å². The Morgan fingerprint density at radius 2 is 1.67 bits per heavy atom. The number of piperazine rings is 1. The summed E-state index contributed by atoms with van der Waals surface area (Å²) in [6.45, 7) is 5.11. The number of hydrogen-bond donors (Lipinski definition) is 5. The van der Waals surface area contributed by atoms with Crippen molar-refractivity contribution in [2.24, 2.45) is 17.2 Å². The number of hydrogen-bond acceptors (Lipinski definition) is 6. The van der Waals surface area contributed by atoms with Crippen LogP contribution in [0.1, 0.15) is 16.7 Å². The molecule has 0 radical (unpaired) electrons. The Kier molecular flexibility index (Phi) is 6.01. The molecule has 0 spiro atoms. The number of rotatable bonds is 5. The molecular formula is C21H27N5O. The number of phenolic OH excluding ortho intramolecular Hbond substituents is 1. The molecule has 6 heteroatoms. The number of nitrogens with two attached hydrogens (primary N) is 3. The average Bonchev–Trinajstić information content (AvgIpc) is 2.68. The van der Waals surface area contributed by atoms with Crippen LogP contribution in [0.2, 0.25) is 0 Å². The molecule has 0 atom stereocenters. The first-order valence-electron chi connectivity index (χ1n) is 9.08. The van der Waals surface area contributed by atoms with Gasteiger partial charge in [0.25, 0.3) is 0 Å². The Morgan fingerprint density at radius 3 is 2.30 bits per heavy atom. The molecule has 2 aromatic rings. The van der Waals surface area contributed by atoms with Gasteiger partial charge in [-0.2, -0.15) is 0 Å². The van der Waals surface area contributed by atoms with Crippen molar-refractivity contribution < 1.29 is 5.11 Å². The first-order valence-corrected chi connectivity index (χ1v) is 9.08. The lowest BCUT2D eigenvalue weighted by Gasteiger charge is -2.27. The molecule has 0 aromatic heterocycles. The van der Waals surface area contributed by atoms with Crippen LogP contribution in [0.25, 0.3) is 11.3 Å². The molecular weight excluding hydrogens is 338 g/mol. The molecule has 1 heterocycles. The number of benzene rings is 2. The number of allylic oxidation sites excluding steroid dienone is 2. The van der Waals surface area contributed by atoms with Gasteiger partial charge in [0.2, 0.25) is 0 Å². The van der Waals surface area contributed by atoms with E-state index >= 15 is 0 Å². The molecule has 27 heavy (non-hydrogen) atoms. The van der Waals surface area contributed by atoms with E-state index in [1.54, 1.807) is 24.3 Å². The fraction of sp³-hybridized carbons (Fsp3) is 0.238. The molecule has 1 aliphatic rings. The zero-order valence-corrected chi connectivity index (χ0v) is 15.4. The second kappa shape index (κ2) is 8.62. The van der Waals surface area contributed by atoms with Crippen LogP contribution < -0.4 is 22.5 Å². The third kappa shape index (κ3) is 4.81.